The fourth-order valence-electron chi connectivity index (χ4n) is 3.52. The molecule has 3 rings (SSSR count). The first-order chi connectivity index (χ1) is 10.1. The van der Waals surface area contributed by atoms with Gasteiger partial charge in [-0.2, -0.15) is 0 Å². The summed E-state index contributed by atoms with van der Waals surface area (Å²) in [7, 11) is 1.87. The van der Waals surface area contributed by atoms with E-state index in [0.717, 1.165) is 43.5 Å². The summed E-state index contributed by atoms with van der Waals surface area (Å²) in [5, 5.41) is 1.07. The Morgan fingerprint density at radius 2 is 1.95 bits per heavy atom. The summed E-state index contributed by atoms with van der Waals surface area (Å²) in [5.74, 6) is 0.0929. The maximum atomic E-state index is 12.6. The van der Waals surface area contributed by atoms with E-state index in [1.807, 2.05) is 7.05 Å². The Labute approximate surface area is 130 Å². The second-order valence-corrected chi connectivity index (χ2v) is 7.73. The lowest BCUT2D eigenvalue weighted by molar-refractivity contribution is -0.137. The van der Waals surface area contributed by atoms with Crippen LogP contribution in [0.25, 0.3) is 0 Å². The summed E-state index contributed by atoms with van der Waals surface area (Å²) >= 11 is 1.78. The third-order valence-electron chi connectivity index (χ3n) is 4.78. The zero-order chi connectivity index (χ0) is 14.9. The van der Waals surface area contributed by atoms with Crippen molar-refractivity contribution in [3.05, 3.63) is 15.6 Å². The largest absolute Gasteiger partial charge is 0.337 e. The van der Waals surface area contributed by atoms with Crippen LogP contribution in [-0.4, -0.2) is 28.4 Å². The van der Waals surface area contributed by atoms with Gasteiger partial charge in [0.05, 0.1) is 17.8 Å². The Hall–Kier alpha value is -0.940. The van der Waals surface area contributed by atoms with Gasteiger partial charge in [-0.05, 0) is 38.5 Å². The van der Waals surface area contributed by atoms with Crippen molar-refractivity contribution >= 4 is 17.2 Å². The van der Waals surface area contributed by atoms with Crippen LogP contribution in [0, 0.1) is 0 Å². The van der Waals surface area contributed by atoms with Gasteiger partial charge >= 0.3 is 0 Å². The van der Waals surface area contributed by atoms with Crippen LogP contribution in [-0.2, 0) is 24.2 Å². The molecule has 0 atom stereocenters. The van der Waals surface area contributed by atoms with Gasteiger partial charge in [-0.25, -0.2) is 4.98 Å². The lowest BCUT2D eigenvalue weighted by atomic mass is 9.81. The Balaban J connectivity index is 1.66. The minimum absolute atomic E-state index is 0.0929. The molecule has 116 valence electrons. The molecular formula is C16H25N3OS. The number of nitrogens with zero attached hydrogens (tertiary/aromatic N) is 2. The van der Waals surface area contributed by atoms with Crippen LogP contribution < -0.4 is 5.73 Å². The third kappa shape index (κ3) is 3.14. The molecule has 21 heavy (non-hydrogen) atoms. The van der Waals surface area contributed by atoms with Crippen LogP contribution in [0.4, 0.5) is 0 Å². The number of fused-ring (bicyclic) bond motifs is 1. The lowest BCUT2D eigenvalue weighted by Crippen LogP contribution is -2.55. The predicted molar refractivity (Wildman–Crippen MR) is 85.2 cm³/mol. The first-order valence-electron chi connectivity index (χ1n) is 8.10. The maximum Gasteiger partial charge on any atom is 0.242 e. The highest BCUT2D eigenvalue weighted by molar-refractivity contribution is 7.11. The number of nitrogens with two attached hydrogens (primary N) is 1. The normalized spacial score (nSPS) is 20.9. The molecule has 0 saturated heterocycles. The van der Waals surface area contributed by atoms with E-state index < -0.39 is 5.54 Å². The number of likely N-dealkylation sites (N-methyl/N-ethyl adjacent to an activating group) is 1. The van der Waals surface area contributed by atoms with Crippen molar-refractivity contribution in [1.29, 1.82) is 0 Å². The van der Waals surface area contributed by atoms with Crippen LogP contribution in [0.2, 0.25) is 0 Å². The van der Waals surface area contributed by atoms with Gasteiger partial charge in [0.2, 0.25) is 5.91 Å². The average molecular weight is 307 g/mol. The molecule has 1 heterocycles. The zero-order valence-electron chi connectivity index (χ0n) is 12.9. The molecule has 2 aliphatic carbocycles. The molecule has 2 aliphatic rings. The number of aryl methyl sites for hydroxylation is 2. The highest BCUT2D eigenvalue weighted by atomic mass is 32.1. The Kier molecular flexibility index (Phi) is 4.31. The van der Waals surface area contributed by atoms with E-state index in [1.54, 1.807) is 16.2 Å². The van der Waals surface area contributed by atoms with Crippen molar-refractivity contribution in [2.75, 3.05) is 7.05 Å². The van der Waals surface area contributed by atoms with E-state index >= 15 is 0 Å². The smallest absolute Gasteiger partial charge is 0.242 e. The second-order valence-electron chi connectivity index (χ2n) is 6.56. The number of carbonyl (C=O) groups excluding carboxylic acids is 1. The highest BCUT2D eigenvalue weighted by Crippen LogP contribution is 2.30. The molecular weight excluding hydrogens is 282 g/mol. The Morgan fingerprint density at radius 3 is 2.67 bits per heavy atom. The number of thiazole rings is 1. The average Bonchev–Trinajstić information content (AvgIpc) is 2.89. The minimum Gasteiger partial charge on any atom is -0.337 e. The molecule has 0 bridgehead atoms. The predicted octanol–water partition coefficient (Wildman–Crippen LogP) is 2.64. The van der Waals surface area contributed by atoms with Gasteiger partial charge in [0, 0.05) is 11.9 Å². The quantitative estimate of drug-likeness (QED) is 0.934. The summed E-state index contributed by atoms with van der Waals surface area (Å²) in [4.78, 5) is 20.6. The van der Waals surface area contributed by atoms with E-state index in [4.69, 9.17) is 10.7 Å². The summed E-state index contributed by atoms with van der Waals surface area (Å²) < 4.78 is 0. The molecule has 0 radical (unpaired) electrons. The number of rotatable bonds is 3. The fraction of sp³-hybridized carbons (Fsp3) is 0.750. The van der Waals surface area contributed by atoms with Crippen molar-refractivity contribution < 1.29 is 4.79 Å². The van der Waals surface area contributed by atoms with E-state index in [2.05, 4.69) is 0 Å². The van der Waals surface area contributed by atoms with Crippen LogP contribution in [0.15, 0.2) is 0 Å². The fourth-order valence-corrected chi connectivity index (χ4v) is 4.73. The van der Waals surface area contributed by atoms with Gasteiger partial charge in [-0.1, -0.05) is 19.3 Å². The second kappa shape index (κ2) is 6.05. The number of hydrogen-bond acceptors (Lipinski definition) is 4. The molecule has 1 saturated carbocycles. The van der Waals surface area contributed by atoms with Crippen LogP contribution in [0.5, 0.6) is 0 Å². The molecule has 1 aromatic heterocycles. The van der Waals surface area contributed by atoms with E-state index in [9.17, 15) is 4.79 Å². The van der Waals surface area contributed by atoms with E-state index in [0.29, 0.717) is 6.54 Å². The molecule has 1 aromatic rings. The standard InChI is InChI=1S/C16H25N3OS/c1-19(15(20)16(17)9-5-2-6-10-16)11-14-18-12-7-3-4-8-13(12)21-14/h2-11,17H2,1H3. The zero-order valence-corrected chi connectivity index (χ0v) is 13.7. The molecule has 0 unspecified atom stereocenters. The van der Waals surface area contributed by atoms with Gasteiger partial charge in [-0.3, -0.25) is 4.79 Å². The maximum absolute atomic E-state index is 12.6. The Bertz CT molecular complexity index is 496. The number of aromatic nitrogens is 1. The van der Waals surface area contributed by atoms with Crippen molar-refractivity contribution in [1.82, 2.24) is 9.88 Å². The number of amides is 1. The summed E-state index contributed by atoms with van der Waals surface area (Å²) in [5.41, 5.74) is 6.98. The summed E-state index contributed by atoms with van der Waals surface area (Å²) in [6, 6.07) is 0. The third-order valence-corrected chi connectivity index (χ3v) is 5.92. The molecule has 0 spiro atoms. The van der Waals surface area contributed by atoms with Crippen molar-refractivity contribution in [3.63, 3.8) is 0 Å². The van der Waals surface area contributed by atoms with Crippen molar-refractivity contribution in [2.24, 2.45) is 5.73 Å². The van der Waals surface area contributed by atoms with E-state index in [-0.39, 0.29) is 5.91 Å². The van der Waals surface area contributed by atoms with Gasteiger partial charge in [0.25, 0.3) is 0 Å². The van der Waals surface area contributed by atoms with Gasteiger partial charge < -0.3 is 10.6 Å². The SMILES string of the molecule is CN(Cc1nc2c(s1)CCCC2)C(=O)C1(N)CCCCC1. The molecule has 0 aromatic carbocycles. The van der Waals surface area contributed by atoms with Gasteiger partial charge in [-0.15, -0.1) is 11.3 Å². The van der Waals surface area contributed by atoms with Crippen LogP contribution >= 0.6 is 11.3 Å². The molecule has 5 heteroatoms. The van der Waals surface area contributed by atoms with Crippen LogP contribution in [0.1, 0.15) is 60.5 Å². The van der Waals surface area contributed by atoms with Crippen LogP contribution in [0.3, 0.4) is 0 Å². The monoisotopic (exact) mass is 307 g/mol. The van der Waals surface area contributed by atoms with Crippen molar-refractivity contribution in [2.45, 2.75) is 69.9 Å². The first kappa shape index (κ1) is 15.0. The summed E-state index contributed by atoms with van der Waals surface area (Å²) in [6.45, 7) is 0.607. The number of hydrogen-bond donors (Lipinski definition) is 1. The Morgan fingerprint density at radius 1 is 1.24 bits per heavy atom. The molecule has 1 amide bonds. The van der Waals surface area contributed by atoms with E-state index in [1.165, 1.54) is 29.8 Å². The molecule has 2 N–H and O–H groups in total. The first-order valence-corrected chi connectivity index (χ1v) is 8.92. The lowest BCUT2D eigenvalue weighted by Gasteiger charge is -2.35. The molecule has 1 fully saturated rings. The number of carbonyl (C=O) groups is 1. The molecule has 0 aliphatic heterocycles. The van der Waals surface area contributed by atoms with Gasteiger partial charge in [0.15, 0.2) is 0 Å². The summed E-state index contributed by atoms with van der Waals surface area (Å²) in [6.07, 6.45) is 9.77. The van der Waals surface area contributed by atoms with Gasteiger partial charge in [0.1, 0.15) is 5.01 Å². The topological polar surface area (TPSA) is 59.2 Å². The highest BCUT2D eigenvalue weighted by Gasteiger charge is 2.37. The van der Waals surface area contributed by atoms with Crippen molar-refractivity contribution in [3.8, 4) is 0 Å². The molecule has 4 nitrogen and oxygen atoms in total. The minimum atomic E-state index is -0.635.